The standard InChI is InChI=1S/C22H25NO3/c1-23-14-12-17(13-15-23)20(16-23)26-21(24)22(25,18-8-4-2-5-9-18)19-10-6-3-7-11-19/h2-11,17,20H,12-16H2,1H3/i1-1. The van der Waals surface area contributed by atoms with Crippen LogP contribution in [0.15, 0.2) is 60.7 Å². The highest BCUT2D eigenvalue weighted by Crippen LogP contribution is 2.36. The molecule has 4 nitrogen and oxygen atoms in total. The number of benzene rings is 2. The molecule has 1 atom stereocenters. The van der Waals surface area contributed by atoms with Gasteiger partial charge in [0.2, 0.25) is 0 Å². The van der Waals surface area contributed by atoms with Crippen LogP contribution in [0.2, 0.25) is 0 Å². The predicted octanol–water partition coefficient (Wildman–Crippen LogP) is 2.07. The molecule has 0 saturated carbocycles. The lowest BCUT2D eigenvalue weighted by Crippen LogP contribution is -2.63. The molecular formula is C22H25NO3. The first-order valence-electron chi connectivity index (χ1n) is 9.37. The maximum atomic E-state index is 13.9. The van der Waals surface area contributed by atoms with Crippen LogP contribution >= 0.6 is 0 Å². The van der Waals surface area contributed by atoms with Crippen LogP contribution in [-0.2, 0) is 15.1 Å². The zero-order chi connectivity index (χ0) is 18.2. The molecule has 3 heterocycles. The fourth-order valence-electron chi connectivity index (χ4n) is 4.45. The van der Waals surface area contributed by atoms with Crippen molar-refractivity contribution in [3.05, 3.63) is 71.8 Å². The van der Waals surface area contributed by atoms with Crippen molar-refractivity contribution < 1.29 is 19.1 Å². The maximum absolute atomic E-state index is 13.9. The molecule has 3 fully saturated rings. The number of hydrogen-bond donors (Lipinski definition) is 0. The van der Waals surface area contributed by atoms with Gasteiger partial charge in [-0.3, -0.25) is 4.79 Å². The van der Waals surface area contributed by atoms with E-state index in [1.807, 2.05) is 12.1 Å². The van der Waals surface area contributed by atoms with E-state index in [1.165, 1.54) is 0 Å². The third-order valence-corrected chi connectivity index (χ3v) is 6.13. The van der Waals surface area contributed by atoms with Gasteiger partial charge in [-0.25, -0.2) is 0 Å². The Morgan fingerprint density at radius 2 is 1.50 bits per heavy atom. The van der Waals surface area contributed by atoms with E-state index < -0.39 is 11.6 Å². The second-order valence-electron chi connectivity index (χ2n) is 7.94. The third-order valence-electron chi connectivity index (χ3n) is 6.13. The lowest BCUT2D eigenvalue weighted by molar-refractivity contribution is -0.928. The Bertz CT molecular complexity index is 727. The van der Waals surface area contributed by atoms with E-state index in [0.717, 1.165) is 37.0 Å². The van der Waals surface area contributed by atoms with Crippen molar-refractivity contribution in [1.29, 1.82) is 0 Å². The van der Waals surface area contributed by atoms with E-state index in [1.54, 1.807) is 48.5 Å². The Balaban J connectivity index is 1.65. The molecule has 0 aromatic heterocycles. The van der Waals surface area contributed by atoms with Crippen LogP contribution in [0, 0.1) is 5.92 Å². The largest absolute Gasteiger partial charge is 0.834 e. The summed E-state index contributed by atoms with van der Waals surface area (Å²) >= 11 is 0. The average molecular weight is 350 g/mol. The topological polar surface area (TPSA) is 49.4 Å². The summed E-state index contributed by atoms with van der Waals surface area (Å²) in [7, 11) is 2.22. The molecule has 3 saturated heterocycles. The van der Waals surface area contributed by atoms with Gasteiger partial charge in [0.1, 0.15) is 6.54 Å². The van der Waals surface area contributed by atoms with Crippen molar-refractivity contribution >= 4 is 5.97 Å². The summed E-state index contributed by atoms with van der Waals surface area (Å²) in [4.78, 5) is 13.2. The number of esters is 1. The Morgan fingerprint density at radius 1 is 1.00 bits per heavy atom. The summed E-state index contributed by atoms with van der Waals surface area (Å²) in [5, 5.41) is 13.9. The van der Waals surface area contributed by atoms with Gasteiger partial charge < -0.3 is 14.3 Å². The van der Waals surface area contributed by atoms with Crippen LogP contribution in [0.5, 0.6) is 0 Å². The minimum atomic E-state index is -2.03. The van der Waals surface area contributed by atoms with E-state index >= 15 is 0 Å². The quantitative estimate of drug-likeness (QED) is 0.627. The van der Waals surface area contributed by atoms with Gasteiger partial charge >= 0.3 is 5.97 Å². The molecule has 136 valence electrons. The Labute approximate surface area is 154 Å². The van der Waals surface area contributed by atoms with Crippen LogP contribution in [0.1, 0.15) is 24.0 Å². The molecule has 3 aliphatic rings. The molecule has 3 aliphatic heterocycles. The van der Waals surface area contributed by atoms with Gasteiger partial charge in [0.05, 0.1) is 20.1 Å². The van der Waals surface area contributed by atoms with Gasteiger partial charge in [0.25, 0.3) is 0 Å². The molecule has 0 N–H and O–H groups in total. The molecule has 0 amide bonds. The summed E-state index contributed by atoms with van der Waals surface area (Å²) in [5.41, 5.74) is -1.18. The molecule has 0 aliphatic carbocycles. The zero-order valence-corrected chi connectivity index (χ0v) is 15.1. The van der Waals surface area contributed by atoms with Gasteiger partial charge in [-0.05, 0) is 11.1 Å². The van der Waals surface area contributed by atoms with E-state index in [-0.39, 0.29) is 6.10 Å². The minimum absolute atomic E-state index is 0.157. The smallest absolute Gasteiger partial charge is 0.304 e. The Hall–Kier alpha value is -2.17. The van der Waals surface area contributed by atoms with Gasteiger partial charge in [-0.2, -0.15) is 0 Å². The van der Waals surface area contributed by atoms with Gasteiger partial charge in [-0.1, -0.05) is 60.7 Å². The molecule has 5 rings (SSSR count). The molecule has 0 spiro atoms. The molecule has 4 heteroatoms. The van der Waals surface area contributed by atoms with Gasteiger partial charge in [0.15, 0.2) is 6.10 Å². The average Bonchev–Trinajstić information content (AvgIpc) is 2.69. The van der Waals surface area contributed by atoms with E-state index in [4.69, 9.17) is 4.74 Å². The SMILES string of the molecule is [11CH3][N+]12CCC(CC1)C(OC(=O)C([O-])(c1ccccc1)c1ccccc1)C2. The van der Waals surface area contributed by atoms with Crippen molar-refractivity contribution in [1.82, 2.24) is 0 Å². The van der Waals surface area contributed by atoms with Crippen LogP contribution in [0.25, 0.3) is 0 Å². The van der Waals surface area contributed by atoms with Crippen molar-refractivity contribution in [2.75, 3.05) is 26.7 Å². The number of likely N-dealkylation sites (N-methyl/N-ethyl adjacent to an activating group) is 1. The highest BCUT2D eigenvalue weighted by molar-refractivity contribution is 5.85. The minimum Gasteiger partial charge on any atom is -0.834 e. The number of quaternary nitrogens is 1. The highest BCUT2D eigenvalue weighted by Gasteiger charge is 2.46. The van der Waals surface area contributed by atoms with E-state index in [9.17, 15) is 9.90 Å². The monoisotopic (exact) mass is 350 g/mol. The molecule has 2 bridgehead atoms. The van der Waals surface area contributed by atoms with Gasteiger partial charge in [-0.15, -0.1) is 0 Å². The summed E-state index contributed by atoms with van der Waals surface area (Å²) in [6, 6.07) is 17.7. The van der Waals surface area contributed by atoms with Crippen molar-refractivity contribution in [3.63, 3.8) is 0 Å². The van der Waals surface area contributed by atoms with Crippen molar-refractivity contribution in [2.24, 2.45) is 5.92 Å². The number of piperidine rings is 3. The van der Waals surface area contributed by atoms with Crippen LogP contribution in [0.3, 0.4) is 0 Å². The fraction of sp³-hybridized carbons (Fsp3) is 0.409. The molecule has 2 aromatic rings. The fourth-order valence-corrected chi connectivity index (χ4v) is 4.45. The zero-order valence-electron chi connectivity index (χ0n) is 15.1. The second-order valence-corrected chi connectivity index (χ2v) is 7.94. The number of ether oxygens (including phenoxy) is 1. The number of fused-ring (bicyclic) bond motifs is 3. The molecule has 2 aromatic carbocycles. The summed E-state index contributed by atoms with van der Waals surface area (Å²) in [5.74, 6) is -0.296. The Kier molecular flexibility index (Phi) is 4.33. The second kappa shape index (κ2) is 6.53. The number of rotatable bonds is 4. The first-order valence-corrected chi connectivity index (χ1v) is 9.37. The van der Waals surface area contributed by atoms with Crippen molar-refractivity contribution in [2.45, 2.75) is 24.5 Å². The van der Waals surface area contributed by atoms with Crippen LogP contribution in [-0.4, -0.2) is 43.2 Å². The Morgan fingerprint density at radius 3 is 1.96 bits per heavy atom. The van der Waals surface area contributed by atoms with Crippen LogP contribution < -0.4 is 5.11 Å². The van der Waals surface area contributed by atoms with Crippen LogP contribution in [0.4, 0.5) is 0 Å². The first kappa shape index (κ1) is 17.3. The highest BCUT2D eigenvalue weighted by atomic mass is 16.6. The molecule has 1 unspecified atom stereocenters. The van der Waals surface area contributed by atoms with Gasteiger partial charge in [0, 0.05) is 24.4 Å². The maximum Gasteiger partial charge on any atom is 0.304 e. The molecular weight excluding hydrogens is 325 g/mol. The normalized spacial score (nSPS) is 27.9. The number of nitrogens with zero attached hydrogens (tertiary/aromatic N) is 1. The lowest BCUT2D eigenvalue weighted by Gasteiger charge is -2.51. The third kappa shape index (κ3) is 2.93. The van der Waals surface area contributed by atoms with Crippen molar-refractivity contribution in [3.8, 4) is 0 Å². The summed E-state index contributed by atoms with van der Waals surface area (Å²) in [6.45, 7) is 3.09. The first-order chi connectivity index (χ1) is 12.5. The number of carbonyl (C=O) groups excluding carboxylic acids is 1. The summed E-state index contributed by atoms with van der Waals surface area (Å²) in [6.07, 6.45) is 1.98. The summed E-state index contributed by atoms with van der Waals surface area (Å²) < 4.78 is 6.84. The number of carbonyl (C=O) groups is 1. The number of hydrogen-bond acceptors (Lipinski definition) is 3. The molecule has 0 radical (unpaired) electrons. The lowest BCUT2D eigenvalue weighted by atomic mass is 9.81. The molecule has 26 heavy (non-hydrogen) atoms. The predicted molar refractivity (Wildman–Crippen MR) is 97.1 cm³/mol. The van der Waals surface area contributed by atoms with E-state index in [0.29, 0.717) is 17.0 Å². The van der Waals surface area contributed by atoms with E-state index in [2.05, 4.69) is 7.05 Å².